The van der Waals surface area contributed by atoms with Crippen LogP contribution in [0.2, 0.25) is 0 Å². The molecule has 5 heteroatoms. The lowest BCUT2D eigenvalue weighted by Crippen LogP contribution is -2.59. The van der Waals surface area contributed by atoms with E-state index in [2.05, 4.69) is 0 Å². The smallest absolute Gasteiger partial charge is 0.226 e. The Kier molecular flexibility index (Phi) is 3.04. The van der Waals surface area contributed by atoms with Crippen LogP contribution in [0.3, 0.4) is 0 Å². The van der Waals surface area contributed by atoms with Crippen molar-refractivity contribution < 1.29 is 19.1 Å². The number of ketones is 3. The minimum atomic E-state index is -1.84. The van der Waals surface area contributed by atoms with Crippen molar-refractivity contribution in [2.45, 2.75) is 38.0 Å². The summed E-state index contributed by atoms with van der Waals surface area (Å²) in [5, 5.41) is 0. The van der Waals surface area contributed by atoms with Crippen LogP contribution in [-0.2, 0) is 9.53 Å². The number of ether oxygens (including phenoxy) is 1. The van der Waals surface area contributed by atoms with Crippen molar-refractivity contribution in [2.75, 3.05) is 0 Å². The van der Waals surface area contributed by atoms with Gasteiger partial charge in [-0.25, -0.2) is 0 Å². The van der Waals surface area contributed by atoms with Crippen LogP contribution in [0.4, 0.5) is 0 Å². The van der Waals surface area contributed by atoms with Gasteiger partial charge in [0.15, 0.2) is 12.0 Å². The summed E-state index contributed by atoms with van der Waals surface area (Å²) in [7, 11) is 0. The van der Waals surface area contributed by atoms with E-state index in [4.69, 9.17) is 4.74 Å². The minimum absolute atomic E-state index is 0.167. The monoisotopic (exact) mass is 347 g/mol. The zero-order valence-electron chi connectivity index (χ0n) is 14.3. The predicted octanol–water partition coefficient (Wildman–Crippen LogP) is 2.94. The van der Waals surface area contributed by atoms with Gasteiger partial charge in [-0.15, -0.1) is 0 Å². The third-order valence-electron chi connectivity index (χ3n) is 5.64. The number of Topliss-reactive ketones (excluding diaryl/α,β-unsaturated/α-hetero) is 3. The van der Waals surface area contributed by atoms with Gasteiger partial charge in [0.1, 0.15) is 0 Å². The molecule has 5 nitrogen and oxygen atoms in total. The van der Waals surface area contributed by atoms with Gasteiger partial charge in [-0.1, -0.05) is 30.3 Å². The van der Waals surface area contributed by atoms with E-state index in [0.29, 0.717) is 30.4 Å². The van der Waals surface area contributed by atoms with Crippen molar-refractivity contribution >= 4 is 17.3 Å². The van der Waals surface area contributed by atoms with Gasteiger partial charge in [-0.05, 0) is 31.4 Å². The molecule has 0 aromatic heterocycles. The summed E-state index contributed by atoms with van der Waals surface area (Å²) in [4.78, 5) is 41.5. The second-order valence-electron chi connectivity index (χ2n) is 7.11. The van der Waals surface area contributed by atoms with Crippen LogP contribution in [0.5, 0.6) is 0 Å². The number of benzene rings is 1. The topological polar surface area (TPSA) is 63.7 Å². The molecule has 1 aromatic rings. The number of fused-ring (bicyclic) bond motifs is 4. The highest BCUT2D eigenvalue weighted by Gasteiger charge is 2.63. The van der Waals surface area contributed by atoms with Gasteiger partial charge in [-0.3, -0.25) is 14.4 Å². The number of allylic oxidation sites excluding steroid dienone is 3. The molecule has 1 unspecified atom stereocenters. The van der Waals surface area contributed by atoms with Crippen LogP contribution in [0.25, 0.3) is 0 Å². The van der Waals surface area contributed by atoms with Crippen molar-refractivity contribution in [3.05, 3.63) is 70.6 Å². The van der Waals surface area contributed by atoms with Gasteiger partial charge in [-0.2, -0.15) is 0 Å². The Hall–Kier alpha value is -2.79. The largest absolute Gasteiger partial charge is 0.326 e. The molecule has 4 aliphatic rings. The second kappa shape index (κ2) is 5.11. The predicted molar refractivity (Wildman–Crippen MR) is 93.3 cm³/mol. The van der Waals surface area contributed by atoms with Gasteiger partial charge in [0.2, 0.25) is 17.2 Å². The molecule has 130 valence electrons. The zero-order chi connectivity index (χ0) is 18.1. The molecule has 1 atom stereocenters. The first-order valence-electron chi connectivity index (χ1n) is 8.82. The van der Waals surface area contributed by atoms with E-state index in [1.165, 1.54) is 0 Å². The van der Waals surface area contributed by atoms with Crippen molar-refractivity contribution in [3.63, 3.8) is 0 Å². The summed E-state index contributed by atoms with van der Waals surface area (Å²) in [5.41, 5.74) is 0.723. The fraction of sp³-hybridized carbons (Fsp3) is 0.286. The summed E-state index contributed by atoms with van der Waals surface area (Å²) in [6.45, 7) is 1.90. The maximum absolute atomic E-state index is 13.4. The number of hydrogen-bond donors (Lipinski definition) is 0. The molecule has 0 saturated carbocycles. The highest BCUT2D eigenvalue weighted by Crippen LogP contribution is 2.48. The SMILES string of the molecule is CC1=CC=CN2C3=C(C(=O)CCC3)C3(OC12)C(=O)c1ccccc1C3=O. The number of carbonyl (C=O) groups excluding carboxylic acids is 3. The lowest BCUT2D eigenvalue weighted by atomic mass is 9.77. The number of rotatable bonds is 0. The van der Waals surface area contributed by atoms with Crippen molar-refractivity contribution in [2.24, 2.45) is 0 Å². The Balaban J connectivity index is 1.80. The van der Waals surface area contributed by atoms with Gasteiger partial charge in [0.05, 0.1) is 5.57 Å². The third-order valence-corrected chi connectivity index (χ3v) is 5.64. The van der Waals surface area contributed by atoms with Gasteiger partial charge in [0, 0.05) is 29.4 Å². The fourth-order valence-electron chi connectivity index (χ4n) is 4.46. The standard InChI is InChI=1S/C21H17NO4/c1-12-6-5-11-22-15-9-4-10-16(23)17(15)21(26-20(12)22)18(24)13-7-2-3-8-14(13)19(21)25/h2-3,5-8,11,20H,4,9-10H2,1H3. The molecule has 0 fully saturated rings. The van der Waals surface area contributed by atoms with Gasteiger partial charge < -0.3 is 9.64 Å². The lowest BCUT2D eigenvalue weighted by Gasteiger charge is -2.47. The highest BCUT2D eigenvalue weighted by atomic mass is 16.5. The van der Waals surface area contributed by atoms with Crippen molar-refractivity contribution in [1.29, 1.82) is 0 Å². The van der Waals surface area contributed by atoms with E-state index in [1.807, 2.05) is 30.2 Å². The minimum Gasteiger partial charge on any atom is -0.326 e. The molecule has 0 bridgehead atoms. The van der Waals surface area contributed by atoms with Crippen LogP contribution in [-0.4, -0.2) is 34.1 Å². The van der Waals surface area contributed by atoms with Crippen LogP contribution < -0.4 is 0 Å². The maximum atomic E-state index is 13.4. The first kappa shape index (κ1) is 15.5. The average Bonchev–Trinajstić information content (AvgIpc) is 2.86. The van der Waals surface area contributed by atoms with E-state index in [1.54, 1.807) is 24.3 Å². The fourth-order valence-corrected chi connectivity index (χ4v) is 4.46. The van der Waals surface area contributed by atoms with E-state index in [-0.39, 0.29) is 11.4 Å². The molecule has 2 heterocycles. The average molecular weight is 347 g/mol. The molecule has 2 aliphatic carbocycles. The molecule has 26 heavy (non-hydrogen) atoms. The van der Waals surface area contributed by atoms with E-state index in [0.717, 1.165) is 11.3 Å². The summed E-state index contributed by atoms with van der Waals surface area (Å²) in [6, 6.07) is 6.73. The van der Waals surface area contributed by atoms with Crippen LogP contribution in [0, 0.1) is 0 Å². The Morgan fingerprint density at radius 3 is 2.46 bits per heavy atom. The summed E-state index contributed by atoms with van der Waals surface area (Å²) < 4.78 is 6.23. The molecule has 2 aliphatic heterocycles. The molecule has 1 spiro atoms. The Morgan fingerprint density at radius 2 is 1.77 bits per heavy atom. The first-order chi connectivity index (χ1) is 12.6. The number of carbonyl (C=O) groups is 3. The Bertz CT molecular complexity index is 946. The van der Waals surface area contributed by atoms with E-state index >= 15 is 0 Å². The second-order valence-corrected chi connectivity index (χ2v) is 7.11. The summed E-state index contributed by atoms with van der Waals surface area (Å²) >= 11 is 0. The molecule has 0 amide bonds. The summed E-state index contributed by atoms with van der Waals surface area (Å²) in [5.74, 6) is -0.995. The molecule has 1 aromatic carbocycles. The third kappa shape index (κ3) is 1.71. The summed E-state index contributed by atoms with van der Waals surface area (Å²) in [6.07, 6.45) is 6.80. The van der Waals surface area contributed by atoms with Crippen LogP contribution in [0.1, 0.15) is 46.9 Å². The van der Waals surface area contributed by atoms with E-state index in [9.17, 15) is 14.4 Å². The Morgan fingerprint density at radius 1 is 1.08 bits per heavy atom. The maximum Gasteiger partial charge on any atom is 0.226 e. The molecule has 0 N–H and O–H groups in total. The van der Waals surface area contributed by atoms with Crippen LogP contribution in [0.15, 0.2) is 59.5 Å². The molecule has 5 rings (SSSR count). The molecule has 0 radical (unpaired) electrons. The van der Waals surface area contributed by atoms with E-state index < -0.39 is 23.4 Å². The molecule has 0 saturated heterocycles. The number of hydrogen-bond acceptors (Lipinski definition) is 5. The highest BCUT2D eigenvalue weighted by molar-refractivity contribution is 6.37. The Labute approximate surface area is 150 Å². The molecular formula is C21H17NO4. The molecular weight excluding hydrogens is 330 g/mol. The normalized spacial score (nSPS) is 26.0. The van der Waals surface area contributed by atoms with Gasteiger partial charge in [0.25, 0.3) is 0 Å². The van der Waals surface area contributed by atoms with Crippen LogP contribution >= 0.6 is 0 Å². The first-order valence-corrected chi connectivity index (χ1v) is 8.82. The lowest BCUT2D eigenvalue weighted by molar-refractivity contribution is -0.124. The van der Waals surface area contributed by atoms with Crippen molar-refractivity contribution in [1.82, 2.24) is 4.90 Å². The quantitative estimate of drug-likeness (QED) is 0.675. The zero-order valence-corrected chi connectivity index (χ0v) is 14.3. The van der Waals surface area contributed by atoms with Gasteiger partial charge >= 0.3 is 0 Å². The number of nitrogens with zero attached hydrogens (tertiary/aromatic N) is 1. The van der Waals surface area contributed by atoms with Crippen molar-refractivity contribution in [3.8, 4) is 0 Å².